The Bertz CT molecular complexity index is 1380. The Morgan fingerprint density at radius 2 is 1.94 bits per heavy atom. The zero-order chi connectivity index (χ0) is 24.8. The summed E-state index contributed by atoms with van der Waals surface area (Å²) in [6.07, 6.45) is 2.05. The van der Waals surface area contributed by atoms with Gasteiger partial charge in [-0.2, -0.15) is 13.5 Å². The highest BCUT2D eigenvalue weighted by Crippen LogP contribution is 2.33. The highest BCUT2D eigenvalue weighted by atomic mass is 32.2. The summed E-state index contributed by atoms with van der Waals surface area (Å²) >= 11 is 0. The van der Waals surface area contributed by atoms with E-state index in [1.165, 1.54) is 18.3 Å². The number of amides is 1. The van der Waals surface area contributed by atoms with Gasteiger partial charge < -0.3 is 4.74 Å². The molecule has 4 rings (SSSR count). The Morgan fingerprint density at radius 3 is 2.65 bits per heavy atom. The number of ether oxygens (including phenoxy) is 1. The van der Waals surface area contributed by atoms with Gasteiger partial charge in [0.1, 0.15) is 12.4 Å². The SMILES string of the molecule is CC(C)c1cc(F)cc2c1CC(=O)NS(=O)(=O)c1nn(cc1F)C(C)(C)COc1cc-2ccn1. The molecular formula is C23H24F2N4O4S. The van der Waals surface area contributed by atoms with Crippen LogP contribution in [0.1, 0.15) is 44.7 Å². The molecule has 180 valence electrons. The van der Waals surface area contributed by atoms with Crippen LogP contribution in [0.5, 0.6) is 5.88 Å². The van der Waals surface area contributed by atoms with Gasteiger partial charge in [0.15, 0.2) is 5.82 Å². The molecule has 11 heteroatoms. The van der Waals surface area contributed by atoms with Gasteiger partial charge in [-0.25, -0.2) is 18.5 Å². The number of hydrogen-bond donors (Lipinski definition) is 1. The van der Waals surface area contributed by atoms with Gasteiger partial charge in [-0.05, 0) is 60.2 Å². The predicted octanol–water partition coefficient (Wildman–Crippen LogP) is 3.52. The van der Waals surface area contributed by atoms with Crippen LogP contribution in [0.2, 0.25) is 0 Å². The largest absolute Gasteiger partial charge is 0.475 e. The second kappa shape index (κ2) is 8.46. The number of sulfonamides is 1. The molecule has 1 aliphatic rings. The average Bonchev–Trinajstić information content (AvgIpc) is 3.16. The van der Waals surface area contributed by atoms with E-state index in [1.807, 2.05) is 18.6 Å². The Labute approximate surface area is 196 Å². The second-order valence-corrected chi connectivity index (χ2v) is 10.7. The molecule has 0 saturated heterocycles. The van der Waals surface area contributed by atoms with Crippen molar-refractivity contribution in [2.45, 2.75) is 50.6 Å². The van der Waals surface area contributed by atoms with Crippen LogP contribution in [0.4, 0.5) is 8.78 Å². The quantitative estimate of drug-likeness (QED) is 0.560. The number of carbonyl (C=O) groups is 1. The van der Waals surface area contributed by atoms with Crippen molar-refractivity contribution >= 4 is 15.9 Å². The molecule has 1 aliphatic heterocycles. The summed E-state index contributed by atoms with van der Waals surface area (Å²) in [6, 6.07) is 5.87. The fraction of sp³-hybridized carbons (Fsp3) is 0.348. The van der Waals surface area contributed by atoms with Crippen molar-refractivity contribution < 1.29 is 26.7 Å². The Balaban J connectivity index is 1.93. The molecule has 1 amide bonds. The summed E-state index contributed by atoms with van der Waals surface area (Å²) in [6.45, 7) is 7.00. The third-order valence-corrected chi connectivity index (χ3v) is 6.87. The van der Waals surface area contributed by atoms with E-state index in [4.69, 9.17) is 4.74 Å². The van der Waals surface area contributed by atoms with Crippen LogP contribution >= 0.6 is 0 Å². The molecule has 1 aromatic carbocycles. The van der Waals surface area contributed by atoms with E-state index < -0.39 is 38.1 Å². The van der Waals surface area contributed by atoms with Gasteiger partial charge in [0.25, 0.3) is 10.0 Å². The maximum Gasteiger partial charge on any atom is 0.286 e. The minimum absolute atomic E-state index is 0.0241. The molecule has 3 heterocycles. The van der Waals surface area contributed by atoms with Crippen LogP contribution in [0.15, 0.2) is 41.7 Å². The molecular weight excluding hydrogens is 466 g/mol. The number of benzene rings is 1. The van der Waals surface area contributed by atoms with Crippen molar-refractivity contribution in [1.29, 1.82) is 0 Å². The third-order valence-electron chi connectivity index (χ3n) is 5.59. The first kappa shape index (κ1) is 23.8. The third kappa shape index (κ3) is 4.52. The standard InChI is InChI=1S/C23H24F2N4O4S/c1-13(2)16-8-15(24)9-17-14-5-6-26-21(7-14)33-12-23(3,4)29-11-19(25)22(27-29)34(31,32)28-20(30)10-18(16)17/h5-9,11,13H,10,12H2,1-4H3,(H,28,30). The zero-order valence-corrected chi connectivity index (χ0v) is 19.9. The first-order chi connectivity index (χ1) is 15.9. The molecule has 4 bridgehead atoms. The number of aromatic nitrogens is 3. The lowest BCUT2D eigenvalue weighted by Gasteiger charge is -2.25. The minimum atomic E-state index is -4.60. The first-order valence-corrected chi connectivity index (χ1v) is 12.1. The molecule has 34 heavy (non-hydrogen) atoms. The van der Waals surface area contributed by atoms with Crippen LogP contribution in [0.25, 0.3) is 11.1 Å². The van der Waals surface area contributed by atoms with Gasteiger partial charge in [-0.15, -0.1) is 0 Å². The van der Waals surface area contributed by atoms with Crippen LogP contribution in [0, 0.1) is 11.6 Å². The monoisotopic (exact) mass is 490 g/mol. The number of pyridine rings is 1. The fourth-order valence-electron chi connectivity index (χ4n) is 3.82. The van der Waals surface area contributed by atoms with Gasteiger partial charge in [0.05, 0.1) is 18.2 Å². The van der Waals surface area contributed by atoms with Crippen LogP contribution < -0.4 is 9.46 Å². The van der Waals surface area contributed by atoms with E-state index in [1.54, 1.807) is 26.0 Å². The van der Waals surface area contributed by atoms with E-state index in [0.717, 1.165) is 10.9 Å². The molecule has 0 radical (unpaired) electrons. The van der Waals surface area contributed by atoms with Gasteiger partial charge in [0.2, 0.25) is 16.8 Å². The van der Waals surface area contributed by atoms with Crippen molar-refractivity contribution in [2.75, 3.05) is 6.61 Å². The fourth-order valence-corrected chi connectivity index (χ4v) is 4.80. The van der Waals surface area contributed by atoms with Gasteiger partial charge in [-0.3, -0.25) is 9.48 Å². The molecule has 8 nitrogen and oxygen atoms in total. The van der Waals surface area contributed by atoms with E-state index in [-0.39, 0.29) is 24.8 Å². The average molecular weight is 491 g/mol. The number of nitrogens with zero attached hydrogens (tertiary/aromatic N) is 3. The van der Waals surface area contributed by atoms with Gasteiger partial charge >= 0.3 is 0 Å². The maximum absolute atomic E-state index is 14.6. The summed E-state index contributed by atoms with van der Waals surface area (Å²) in [5.41, 5.74) is 0.985. The Kier molecular flexibility index (Phi) is 5.92. The molecule has 0 fully saturated rings. The number of nitrogens with one attached hydrogen (secondary N) is 1. The topological polar surface area (TPSA) is 103 Å². The highest BCUT2D eigenvalue weighted by molar-refractivity contribution is 7.90. The summed E-state index contributed by atoms with van der Waals surface area (Å²) in [5.74, 6) is -2.44. The highest BCUT2D eigenvalue weighted by Gasteiger charge is 2.32. The maximum atomic E-state index is 14.6. The molecule has 0 unspecified atom stereocenters. The van der Waals surface area contributed by atoms with Crippen LogP contribution in [0.3, 0.4) is 0 Å². The van der Waals surface area contributed by atoms with Crippen LogP contribution in [-0.4, -0.2) is 35.7 Å². The lowest BCUT2D eigenvalue weighted by molar-refractivity contribution is -0.118. The number of rotatable bonds is 1. The van der Waals surface area contributed by atoms with Crippen molar-refractivity contribution in [3.05, 3.63) is 59.4 Å². The summed E-state index contributed by atoms with van der Waals surface area (Å²) in [5, 5.41) is 2.98. The summed E-state index contributed by atoms with van der Waals surface area (Å²) < 4.78 is 63.6. The number of fused-ring (bicyclic) bond motifs is 6. The molecule has 0 aliphatic carbocycles. The number of carbonyl (C=O) groups excluding carboxylic acids is 1. The summed E-state index contributed by atoms with van der Waals surface area (Å²) in [7, 11) is -4.60. The molecule has 0 saturated carbocycles. The minimum Gasteiger partial charge on any atom is -0.475 e. The molecule has 3 aromatic rings. The Morgan fingerprint density at radius 1 is 1.21 bits per heavy atom. The lowest BCUT2D eigenvalue weighted by atomic mass is 9.88. The normalized spacial score (nSPS) is 17.2. The zero-order valence-electron chi connectivity index (χ0n) is 19.1. The number of halogens is 2. The van der Waals surface area contributed by atoms with Crippen LogP contribution in [-0.2, 0) is 26.8 Å². The van der Waals surface area contributed by atoms with E-state index in [0.29, 0.717) is 22.3 Å². The second-order valence-electron chi connectivity index (χ2n) is 9.09. The van der Waals surface area contributed by atoms with E-state index in [2.05, 4.69) is 10.1 Å². The van der Waals surface area contributed by atoms with Crippen molar-refractivity contribution in [3.8, 4) is 17.0 Å². The van der Waals surface area contributed by atoms with Crippen molar-refractivity contribution in [3.63, 3.8) is 0 Å². The molecule has 0 atom stereocenters. The van der Waals surface area contributed by atoms with Gasteiger partial charge in [0, 0.05) is 12.3 Å². The smallest absolute Gasteiger partial charge is 0.286 e. The first-order valence-electron chi connectivity index (χ1n) is 10.6. The lowest BCUT2D eigenvalue weighted by Crippen LogP contribution is -2.35. The molecule has 0 spiro atoms. The number of hydrogen-bond acceptors (Lipinski definition) is 6. The van der Waals surface area contributed by atoms with Crippen molar-refractivity contribution in [1.82, 2.24) is 19.5 Å². The van der Waals surface area contributed by atoms with Crippen molar-refractivity contribution in [2.24, 2.45) is 0 Å². The van der Waals surface area contributed by atoms with Gasteiger partial charge in [-0.1, -0.05) is 13.8 Å². The molecule has 1 N–H and O–H groups in total. The summed E-state index contributed by atoms with van der Waals surface area (Å²) in [4.78, 5) is 17.1. The molecule has 2 aromatic heterocycles. The van der Waals surface area contributed by atoms with E-state index in [9.17, 15) is 22.0 Å². The van der Waals surface area contributed by atoms with E-state index >= 15 is 0 Å². The predicted molar refractivity (Wildman–Crippen MR) is 120 cm³/mol. The Hall–Kier alpha value is -3.34.